The van der Waals surface area contributed by atoms with Crippen molar-refractivity contribution in [3.63, 3.8) is 0 Å². The Morgan fingerprint density at radius 1 is 0.667 bits per heavy atom. The summed E-state index contributed by atoms with van der Waals surface area (Å²) in [5, 5.41) is 6.77. The Hall–Kier alpha value is -5.44. The van der Waals surface area contributed by atoms with Crippen LogP contribution in [0.25, 0.3) is 0 Å². The number of hydrogen-bond acceptors (Lipinski definition) is 7. The summed E-state index contributed by atoms with van der Waals surface area (Å²) in [4.78, 5) is 37.5. The summed E-state index contributed by atoms with van der Waals surface area (Å²) in [5.74, 6) is 0.290. The molecule has 0 saturated heterocycles. The molecule has 0 spiro atoms. The molecule has 2 amide bonds. The first kappa shape index (κ1) is 26.6. The molecule has 0 unspecified atom stereocenters. The van der Waals surface area contributed by atoms with Gasteiger partial charge < -0.3 is 19.5 Å². The van der Waals surface area contributed by atoms with Crippen molar-refractivity contribution >= 4 is 29.7 Å². The number of amides is 2. The number of benzene rings is 4. The fourth-order valence-electron chi connectivity index (χ4n) is 3.44. The van der Waals surface area contributed by atoms with E-state index in [-0.39, 0.29) is 11.7 Å². The number of hydrazone groups is 1. The topological polar surface area (TPSA) is 115 Å². The third-order valence-corrected chi connectivity index (χ3v) is 5.57. The van der Waals surface area contributed by atoms with Crippen molar-refractivity contribution in [1.82, 2.24) is 5.43 Å². The predicted octanol–water partition coefficient (Wildman–Crippen LogP) is 4.94. The van der Waals surface area contributed by atoms with E-state index in [4.69, 9.17) is 14.2 Å². The molecule has 0 bridgehead atoms. The van der Waals surface area contributed by atoms with Gasteiger partial charge in [-0.2, -0.15) is 5.10 Å². The van der Waals surface area contributed by atoms with Gasteiger partial charge >= 0.3 is 5.97 Å². The molecule has 0 aliphatic heterocycles. The van der Waals surface area contributed by atoms with Gasteiger partial charge in [0.15, 0.2) is 0 Å². The van der Waals surface area contributed by atoms with E-state index < -0.39 is 11.9 Å². The number of methoxy groups -OCH3 is 2. The average molecular weight is 524 g/mol. The normalized spacial score (nSPS) is 10.5. The van der Waals surface area contributed by atoms with Crippen molar-refractivity contribution in [3.8, 4) is 17.2 Å². The first-order valence-corrected chi connectivity index (χ1v) is 11.8. The number of rotatable bonds is 9. The highest BCUT2D eigenvalue weighted by atomic mass is 16.5. The maximum absolute atomic E-state index is 12.5. The van der Waals surface area contributed by atoms with Crippen LogP contribution in [0.1, 0.15) is 36.6 Å². The van der Waals surface area contributed by atoms with Crippen LogP contribution in [-0.4, -0.2) is 38.2 Å². The second kappa shape index (κ2) is 12.7. The van der Waals surface area contributed by atoms with Crippen LogP contribution in [0, 0.1) is 0 Å². The average Bonchev–Trinajstić information content (AvgIpc) is 2.98. The lowest BCUT2D eigenvalue weighted by Gasteiger charge is -2.08. The summed E-state index contributed by atoms with van der Waals surface area (Å²) in [5.41, 5.74) is 4.65. The van der Waals surface area contributed by atoms with Crippen LogP contribution < -0.4 is 25.0 Å². The van der Waals surface area contributed by atoms with Crippen LogP contribution in [0.2, 0.25) is 0 Å². The van der Waals surface area contributed by atoms with E-state index in [0.717, 1.165) is 0 Å². The smallest absolute Gasteiger partial charge is 0.343 e. The Bertz CT molecular complexity index is 1480. The zero-order valence-electron chi connectivity index (χ0n) is 21.2. The number of para-hydroxylation sites is 1. The molecule has 4 aromatic rings. The SMILES string of the molecule is COc1ccc(C(=O)Nc2ccc(C(=O)N/N=C\c3ccccc3OC(=O)c3ccc(OC)cc3)cc2)cc1. The predicted molar refractivity (Wildman–Crippen MR) is 147 cm³/mol. The van der Waals surface area contributed by atoms with Crippen molar-refractivity contribution < 1.29 is 28.6 Å². The number of carbonyl (C=O) groups is 3. The number of carbonyl (C=O) groups excluding carboxylic acids is 3. The monoisotopic (exact) mass is 523 g/mol. The van der Waals surface area contributed by atoms with E-state index in [0.29, 0.717) is 39.4 Å². The number of anilines is 1. The van der Waals surface area contributed by atoms with Gasteiger partial charge in [0.25, 0.3) is 11.8 Å². The highest BCUT2D eigenvalue weighted by molar-refractivity contribution is 6.04. The Morgan fingerprint density at radius 2 is 1.21 bits per heavy atom. The molecule has 9 nitrogen and oxygen atoms in total. The van der Waals surface area contributed by atoms with E-state index in [1.807, 2.05) is 0 Å². The van der Waals surface area contributed by atoms with Gasteiger partial charge in [-0.3, -0.25) is 9.59 Å². The number of esters is 1. The summed E-state index contributed by atoms with van der Waals surface area (Å²) >= 11 is 0. The van der Waals surface area contributed by atoms with E-state index >= 15 is 0 Å². The minimum Gasteiger partial charge on any atom is -0.497 e. The first-order valence-electron chi connectivity index (χ1n) is 11.8. The maximum atomic E-state index is 12.5. The van der Waals surface area contributed by atoms with E-state index in [1.165, 1.54) is 6.21 Å². The highest BCUT2D eigenvalue weighted by Gasteiger charge is 2.12. The number of nitrogens with one attached hydrogen (secondary N) is 2. The van der Waals surface area contributed by atoms with Crippen LogP contribution >= 0.6 is 0 Å². The fourth-order valence-corrected chi connectivity index (χ4v) is 3.44. The molecule has 0 fully saturated rings. The van der Waals surface area contributed by atoms with E-state index in [2.05, 4.69) is 15.8 Å². The second-order valence-corrected chi connectivity index (χ2v) is 8.11. The van der Waals surface area contributed by atoms with Gasteiger partial charge in [-0.1, -0.05) is 12.1 Å². The molecule has 39 heavy (non-hydrogen) atoms. The van der Waals surface area contributed by atoms with Gasteiger partial charge in [-0.25, -0.2) is 10.2 Å². The van der Waals surface area contributed by atoms with Gasteiger partial charge in [0, 0.05) is 22.4 Å². The Labute approximate surface area is 225 Å². The minimum atomic E-state index is -0.540. The molecule has 0 atom stereocenters. The Balaban J connectivity index is 1.34. The van der Waals surface area contributed by atoms with Gasteiger partial charge in [0.05, 0.1) is 26.0 Å². The van der Waals surface area contributed by atoms with Crippen LogP contribution in [-0.2, 0) is 0 Å². The summed E-state index contributed by atoms with van der Waals surface area (Å²) in [6, 6.07) is 26.4. The molecule has 2 N–H and O–H groups in total. The van der Waals surface area contributed by atoms with Gasteiger partial charge in [-0.05, 0) is 84.9 Å². The molecule has 0 heterocycles. The lowest BCUT2D eigenvalue weighted by atomic mass is 10.1. The van der Waals surface area contributed by atoms with Crippen LogP contribution in [0.3, 0.4) is 0 Å². The van der Waals surface area contributed by atoms with Gasteiger partial charge in [-0.15, -0.1) is 0 Å². The lowest BCUT2D eigenvalue weighted by Crippen LogP contribution is -2.18. The quantitative estimate of drug-likeness (QED) is 0.139. The molecule has 196 valence electrons. The van der Waals surface area contributed by atoms with Crippen molar-refractivity contribution in [3.05, 3.63) is 119 Å². The third kappa shape index (κ3) is 7.07. The summed E-state index contributed by atoms with van der Waals surface area (Å²) in [6.07, 6.45) is 1.39. The summed E-state index contributed by atoms with van der Waals surface area (Å²) in [7, 11) is 3.10. The molecule has 0 aliphatic carbocycles. The lowest BCUT2D eigenvalue weighted by molar-refractivity contribution is 0.0733. The van der Waals surface area contributed by atoms with Crippen molar-refractivity contribution in [2.45, 2.75) is 0 Å². The zero-order valence-corrected chi connectivity index (χ0v) is 21.2. The molecule has 0 aliphatic rings. The first-order chi connectivity index (χ1) is 19.0. The Morgan fingerprint density at radius 3 is 1.82 bits per heavy atom. The van der Waals surface area contributed by atoms with Crippen molar-refractivity contribution in [1.29, 1.82) is 0 Å². The second-order valence-electron chi connectivity index (χ2n) is 8.11. The molecule has 0 aromatic heterocycles. The maximum Gasteiger partial charge on any atom is 0.343 e. The molecule has 4 rings (SSSR count). The van der Waals surface area contributed by atoms with E-state index in [1.54, 1.807) is 111 Å². The fraction of sp³-hybridized carbons (Fsp3) is 0.0667. The van der Waals surface area contributed by atoms with Gasteiger partial charge in [0.1, 0.15) is 17.2 Å². The molecule has 0 saturated carbocycles. The molecule has 0 radical (unpaired) electrons. The van der Waals surface area contributed by atoms with E-state index in [9.17, 15) is 14.4 Å². The minimum absolute atomic E-state index is 0.285. The number of hydrogen-bond donors (Lipinski definition) is 2. The third-order valence-electron chi connectivity index (χ3n) is 5.57. The number of ether oxygens (including phenoxy) is 3. The standard InChI is InChI=1S/C30H25N3O6/c1-37-25-15-9-20(10-16-25)28(34)32-24-13-7-21(8-14-24)29(35)33-31-19-23-5-3-4-6-27(23)39-30(36)22-11-17-26(38-2)18-12-22/h3-19H,1-2H3,(H,32,34)(H,33,35)/b31-19-. The Kier molecular flexibility index (Phi) is 8.66. The molecule has 9 heteroatoms. The van der Waals surface area contributed by atoms with Crippen LogP contribution in [0.15, 0.2) is 102 Å². The van der Waals surface area contributed by atoms with Gasteiger partial charge in [0.2, 0.25) is 0 Å². The molecule has 4 aromatic carbocycles. The van der Waals surface area contributed by atoms with Crippen LogP contribution in [0.4, 0.5) is 5.69 Å². The van der Waals surface area contributed by atoms with Crippen molar-refractivity contribution in [2.24, 2.45) is 5.10 Å². The van der Waals surface area contributed by atoms with Crippen LogP contribution in [0.5, 0.6) is 17.2 Å². The van der Waals surface area contributed by atoms with Crippen molar-refractivity contribution in [2.75, 3.05) is 19.5 Å². The zero-order chi connectivity index (χ0) is 27.6. The number of nitrogens with zero attached hydrogens (tertiary/aromatic N) is 1. The highest BCUT2D eigenvalue weighted by Crippen LogP contribution is 2.19. The summed E-state index contributed by atoms with van der Waals surface area (Å²) in [6.45, 7) is 0. The summed E-state index contributed by atoms with van der Waals surface area (Å²) < 4.78 is 15.7. The molecular formula is C30H25N3O6. The largest absolute Gasteiger partial charge is 0.497 e. The molecular weight excluding hydrogens is 498 g/mol.